The second-order valence-electron chi connectivity index (χ2n) is 11.7. The fourth-order valence-corrected chi connectivity index (χ4v) is 5.53. The first-order chi connectivity index (χ1) is 18.6. The van der Waals surface area contributed by atoms with Crippen LogP contribution in [0.1, 0.15) is 95.6 Å². The lowest BCUT2D eigenvalue weighted by Gasteiger charge is -2.31. The number of β-amino-alcohol motifs (C(OH)–C–C–N with tert-alkyl or cyclic N) is 1. The Kier molecular flexibility index (Phi) is 14.0. The van der Waals surface area contributed by atoms with Crippen molar-refractivity contribution in [2.45, 2.75) is 110 Å². The number of benzene rings is 2. The largest absolute Gasteiger partial charge is 0.491 e. The van der Waals surface area contributed by atoms with E-state index in [1.54, 1.807) is 0 Å². The molecule has 218 valence electrons. The van der Waals surface area contributed by atoms with E-state index in [0.717, 1.165) is 37.9 Å². The van der Waals surface area contributed by atoms with Gasteiger partial charge in [0.1, 0.15) is 5.75 Å². The molecule has 39 heavy (non-hydrogen) atoms. The number of carbonyl (C=O) groups is 1. The van der Waals surface area contributed by atoms with Crippen molar-refractivity contribution in [2.75, 3.05) is 13.2 Å². The number of rotatable bonds is 15. The average molecular weight is 542 g/mol. The monoisotopic (exact) mass is 541 g/mol. The smallest absolute Gasteiger partial charge is 0.290 e. The highest BCUT2D eigenvalue weighted by molar-refractivity contribution is 5.42. The number of nitrogens with one attached hydrogen (secondary N) is 1. The summed E-state index contributed by atoms with van der Waals surface area (Å²) in [4.78, 5) is 8.36. The Morgan fingerprint density at radius 3 is 2.28 bits per heavy atom. The SMILES string of the molecule is CCCCCc1c(OC(C)C)cccc1C(C)OCC(O)CNC(C)(C)CC1Cc2ccccc2C1.O=CO. The zero-order valence-electron chi connectivity index (χ0n) is 24.9. The number of hydrogen-bond acceptors (Lipinski definition) is 5. The average Bonchev–Trinajstić information content (AvgIpc) is 3.28. The van der Waals surface area contributed by atoms with E-state index < -0.39 is 6.10 Å². The van der Waals surface area contributed by atoms with Crippen molar-refractivity contribution in [3.05, 3.63) is 64.7 Å². The van der Waals surface area contributed by atoms with Crippen LogP contribution < -0.4 is 10.1 Å². The maximum atomic E-state index is 10.7. The Morgan fingerprint density at radius 1 is 1.05 bits per heavy atom. The summed E-state index contributed by atoms with van der Waals surface area (Å²) in [5.41, 5.74) is 5.38. The standard InChI is InChI=1S/C32H49NO3.CH2O2/c1-7-8-9-15-30-29(16-12-17-31(30)36-23(2)3)24(4)35-22-28(34)21-33-32(5,6)20-25-18-26-13-10-11-14-27(26)19-25;2-1-3/h10-14,16-17,23-25,28,33-34H,7-9,15,18-22H2,1-6H3;1H,(H,2,3). The predicted octanol–water partition coefficient (Wildman–Crippen LogP) is 6.52. The first-order valence-corrected chi connectivity index (χ1v) is 14.6. The van der Waals surface area contributed by atoms with Crippen molar-refractivity contribution in [1.82, 2.24) is 5.32 Å². The normalized spacial score (nSPS) is 14.9. The molecular weight excluding hydrogens is 490 g/mol. The molecule has 0 heterocycles. The minimum Gasteiger partial charge on any atom is -0.491 e. The lowest BCUT2D eigenvalue weighted by molar-refractivity contribution is -0.122. The van der Waals surface area contributed by atoms with Crippen LogP contribution in [0.15, 0.2) is 42.5 Å². The second kappa shape index (κ2) is 16.6. The number of ether oxygens (including phenoxy) is 2. The molecule has 1 aliphatic rings. The fourth-order valence-electron chi connectivity index (χ4n) is 5.53. The van der Waals surface area contributed by atoms with Crippen LogP contribution in [0.25, 0.3) is 0 Å². The van der Waals surface area contributed by atoms with Crippen LogP contribution in [0.2, 0.25) is 0 Å². The third kappa shape index (κ3) is 11.3. The van der Waals surface area contributed by atoms with Gasteiger partial charge < -0.3 is 25.0 Å². The van der Waals surface area contributed by atoms with Crippen molar-refractivity contribution in [2.24, 2.45) is 5.92 Å². The van der Waals surface area contributed by atoms with E-state index in [1.807, 2.05) is 0 Å². The molecule has 0 amide bonds. The molecule has 0 spiro atoms. The van der Waals surface area contributed by atoms with E-state index in [-0.39, 0.29) is 24.2 Å². The van der Waals surface area contributed by atoms with Crippen LogP contribution in [-0.4, -0.2) is 47.6 Å². The van der Waals surface area contributed by atoms with Gasteiger partial charge in [-0.2, -0.15) is 0 Å². The maximum absolute atomic E-state index is 10.7. The van der Waals surface area contributed by atoms with Gasteiger partial charge in [-0.05, 0) is 101 Å². The lowest BCUT2D eigenvalue weighted by Crippen LogP contribution is -2.45. The first-order valence-electron chi connectivity index (χ1n) is 14.6. The van der Waals surface area contributed by atoms with E-state index in [2.05, 4.69) is 89.3 Å². The predicted molar refractivity (Wildman–Crippen MR) is 159 cm³/mol. The van der Waals surface area contributed by atoms with Gasteiger partial charge >= 0.3 is 0 Å². The number of fused-ring (bicyclic) bond motifs is 1. The van der Waals surface area contributed by atoms with Gasteiger partial charge in [0.05, 0.1) is 24.9 Å². The highest BCUT2D eigenvalue weighted by atomic mass is 16.5. The molecule has 3 rings (SSSR count). The lowest BCUT2D eigenvalue weighted by atomic mass is 9.88. The second-order valence-corrected chi connectivity index (χ2v) is 11.7. The van der Waals surface area contributed by atoms with Gasteiger partial charge in [-0.25, -0.2) is 0 Å². The summed E-state index contributed by atoms with van der Waals surface area (Å²) in [6.45, 7) is 13.5. The molecule has 0 aromatic heterocycles. The molecule has 0 saturated heterocycles. The Bertz CT molecular complexity index is 965. The van der Waals surface area contributed by atoms with E-state index in [1.165, 1.54) is 35.1 Å². The van der Waals surface area contributed by atoms with Gasteiger partial charge in [0, 0.05) is 12.1 Å². The van der Waals surface area contributed by atoms with Crippen LogP contribution in [-0.2, 0) is 28.8 Å². The van der Waals surface area contributed by atoms with Crippen molar-refractivity contribution in [3.8, 4) is 5.75 Å². The quantitative estimate of drug-likeness (QED) is 0.176. The van der Waals surface area contributed by atoms with Gasteiger partial charge in [-0.15, -0.1) is 0 Å². The number of unbranched alkanes of at least 4 members (excludes halogenated alkanes) is 2. The summed E-state index contributed by atoms with van der Waals surface area (Å²) in [6, 6.07) is 15.1. The highest BCUT2D eigenvalue weighted by Gasteiger charge is 2.28. The van der Waals surface area contributed by atoms with Crippen LogP contribution in [0, 0.1) is 5.92 Å². The molecule has 2 aromatic carbocycles. The number of carboxylic acid groups (broad SMARTS) is 1. The molecule has 6 heteroatoms. The molecule has 3 N–H and O–H groups in total. The van der Waals surface area contributed by atoms with Crippen LogP contribution in [0.5, 0.6) is 5.75 Å². The van der Waals surface area contributed by atoms with Gasteiger partial charge in [0.2, 0.25) is 0 Å². The Labute approximate surface area is 236 Å². The summed E-state index contributed by atoms with van der Waals surface area (Å²) in [5.74, 6) is 1.62. The third-order valence-corrected chi connectivity index (χ3v) is 7.29. The molecule has 0 radical (unpaired) electrons. The third-order valence-electron chi connectivity index (χ3n) is 7.29. The van der Waals surface area contributed by atoms with E-state index in [4.69, 9.17) is 19.4 Å². The van der Waals surface area contributed by atoms with Gasteiger partial charge in [-0.1, -0.05) is 56.2 Å². The highest BCUT2D eigenvalue weighted by Crippen LogP contribution is 2.33. The molecule has 1 aliphatic carbocycles. The zero-order valence-corrected chi connectivity index (χ0v) is 24.9. The van der Waals surface area contributed by atoms with Crippen molar-refractivity contribution < 1.29 is 24.5 Å². The minimum atomic E-state index is -0.550. The van der Waals surface area contributed by atoms with E-state index in [9.17, 15) is 5.11 Å². The van der Waals surface area contributed by atoms with E-state index >= 15 is 0 Å². The van der Waals surface area contributed by atoms with Crippen molar-refractivity contribution in [3.63, 3.8) is 0 Å². The number of hydrogen-bond donors (Lipinski definition) is 3. The molecule has 2 aromatic rings. The van der Waals surface area contributed by atoms with E-state index in [0.29, 0.717) is 19.1 Å². The molecule has 0 saturated carbocycles. The summed E-state index contributed by atoms with van der Waals surface area (Å²) in [6.07, 6.45) is 7.42. The Morgan fingerprint density at radius 2 is 1.69 bits per heavy atom. The van der Waals surface area contributed by atoms with Crippen LogP contribution in [0.3, 0.4) is 0 Å². The Balaban J connectivity index is 0.00000170. The van der Waals surface area contributed by atoms with Gasteiger partial charge in [0.25, 0.3) is 6.47 Å². The molecular formula is C33H51NO5. The summed E-state index contributed by atoms with van der Waals surface area (Å²) >= 11 is 0. The number of aliphatic hydroxyl groups is 1. The molecule has 6 nitrogen and oxygen atoms in total. The molecule has 2 atom stereocenters. The number of aliphatic hydroxyl groups excluding tert-OH is 1. The summed E-state index contributed by atoms with van der Waals surface area (Å²) in [7, 11) is 0. The molecule has 0 aliphatic heterocycles. The summed E-state index contributed by atoms with van der Waals surface area (Å²) in [5, 5.41) is 21.2. The van der Waals surface area contributed by atoms with Crippen LogP contribution in [0.4, 0.5) is 0 Å². The topological polar surface area (TPSA) is 88.0 Å². The molecule has 0 fully saturated rings. The first kappa shape index (κ1) is 32.8. The molecule has 2 unspecified atom stereocenters. The van der Waals surface area contributed by atoms with Crippen LogP contribution >= 0.6 is 0 Å². The van der Waals surface area contributed by atoms with Crippen molar-refractivity contribution >= 4 is 6.47 Å². The van der Waals surface area contributed by atoms with Crippen molar-refractivity contribution in [1.29, 1.82) is 0 Å². The molecule has 0 bridgehead atoms. The zero-order chi connectivity index (χ0) is 28.8. The van der Waals surface area contributed by atoms with Gasteiger partial charge in [0.15, 0.2) is 0 Å². The van der Waals surface area contributed by atoms with Gasteiger partial charge in [-0.3, -0.25) is 4.79 Å². The minimum absolute atomic E-state index is 0.0335. The fraction of sp³-hybridized carbons (Fsp3) is 0.606. The summed E-state index contributed by atoms with van der Waals surface area (Å²) < 4.78 is 12.3. The maximum Gasteiger partial charge on any atom is 0.290 e. The Hall–Kier alpha value is -2.41.